The molecule has 0 N–H and O–H groups in total. The molecule has 32 heavy (non-hydrogen) atoms. The largest absolute Gasteiger partial charge is 0.459 e. The summed E-state index contributed by atoms with van der Waals surface area (Å²) < 4.78 is 7.43. The number of aromatic nitrogens is 1. The fourth-order valence-electron chi connectivity index (χ4n) is 4.06. The van der Waals surface area contributed by atoms with Gasteiger partial charge in [0.05, 0.1) is 22.4 Å². The first-order valence-corrected chi connectivity index (χ1v) is 11.2. The summed E-state index contributed by atoms with van der Waals surface area (Å²) in [6.07, 6.45) is 3.46. The number of carbonyl (C=O) groups is 2. The molecule has 0 bridgehead atoms. The van der Waals surface area contributed by atoms with E-state index < -0.39 is 5.54 Å². The highest BCUT2D eigenvalue weighted by molar-refractivity contribution is 6.42. The van der Waals surface area contributed by atoms with E-state index in [2.05, 4.69) is 4.57 Å². The summed E-state index contributed by atoms with van der Waals surface area (Å²) in [6.45, 7) is 6.82. The molecule has 1 aliphatic rings. The van der Waals surface area contributed by atoms with E-state index in [4.69, 9.17) is 27.6 Å². The zero-order valence-electron chi connectivity index (χ0n) is 18.2. The second kappa shape index (κ2) is 8.68. The van der Waals surface area contributed by atoms with Crippen LogP contribution in [0, 0.1) is 0 Å². The van der Waals surface area contributed by atoms with Gasteiger partial charge in [-0.15, -0.1) is 0 Å². The van der Waals surface area contributed by atoms with Crippen LogP contribution in [0.4, 0.5) is 0 Å². The lowest BCUT2D eigenvalue weighted by molar-refractivity contribution is -0.135. The van der Waals surface area contributed by atoms with Gasteiger partial charge in [0.2, 0.25) is 5.91 Å². The Kier molecular flexibility index (Phi) is 6.10. The topological polar surface area (TPSA) is 58.7 Å². The molecule has 1 aliphatic heterocycles. The number of benzene rings is 1. The molecule has 0 saturated carbocycles. The number of fused-ring (bicyclic) bond motifs is 1. The van der Waals surface area contributed by atoms with Gasteiger partial charge in [-0.1, -0.05) is 29.3 Å². The lowest BCUT2D eigenvalue weighted by Crippen LogP contribution is -2.53. The van der Waals surface area contributed by atoms with Gasteiger partial charge in [-0.25, -0.2) is 0 Å². The van der Waals surface area contributed by atoms with Crippen LogP contribution in [-0.4, -0.2) is 44.8 Å². The van der Waals surface area contributed by atoms with Crippen LogP contribution in [0.5, 0.6) is 0 Å². The summed E-state index contributed by atoms with van der Waals surface area (Å²) in [5.41, 5.74) is 1.28. The highest BCUT2D eigenvalue weighted by atomic mass is 35.5. The maximum atomic E-state index is 13.6. The van der Waals surface area contributed by atoms with E-state index in [1.54, 1.807) is 29.2 Å². The number of nitrogens with zero attached hydrogens (tertiary/aromatic N) is 3. The third-order valence-electron chi connectivity index (χ3n) is 5.70. The van der Waals surface area contributed by atoms with Crippen molar-refractivity contribution in [1.29, 1.82) is 0 Å². The highest BCUT2D eigenvalue weighted by Crippen LogP contribution is 2.35. The summed E-state index contributed by atoms with van der Waals surface area (Å²) in [6, 6.07) is 12.3. The van der Waals surface area contributed by atoms with Crippen LogP contribution in [0.2, 0.25) is 10.0 Å². The number of amides is 2. The number of hydrogen-bond acceptors (Lipinski definition) is 3. The van der Waals surface area contributed by atoms with E-state index in [1.165, 1.54) is 6.26 Å². The molecule has 2 aromatic heterocycles. The quantitative estimate of drug-likeness (QED) is 0.518. The monoisotopic (exact) mass is 473 g/mol. The van der Waals surface area contributed by atoms with Gasteiger partial charge in [0, 0.05) is 30.5 Å². The van der Waals surface area contributed by atoms with Crippen molar-refractivity contribution < 1.29 is 14.0 Å². The minimum atomic E-state index is -0.575. The van der Waals surface area contributed by atoms with Crippen LogP contribution in [0.1, 0.15) is 48.6 Å². The zero-order valence-corrected chi connectivity index (χ0v) is 19.7. The average Bonchev–Trinajstić information content (AvgIpc) is 3.43. The summed E-state index contributed by atoms with van der Waals surface area (Å²) in [4.78, 5) is 30.1. The van der Waals surface area contributed by atoms with Crippen LogP contribution in [0.3, 0.4) is 0 Å². The molecule has 1 atom stereocenters. The van der Waals surface area contributed by atoms with Gasteiger partial charge in [0.15, 0.2) is 5.76 Å². The summed E-state index contributed by atoms with van der Waals surface area (Å²) >= 11 is 12.4. The number of rotatable bonds is 4. The molecule has 4 rings (SSSR count). The van der Waals surface area contributed by atoms with Gasteiger partial charge in [0.1, 0.15) is 6.54 Å². The predicted octanol–water partition coefficient (Wildman–Crippen LogP) is 5.26. The van der Waals surface area contributed by atoms with Gasteiger partial charge >= 0.3 is 0 Å². The molecule has 6 nitrogen and oxygen atoms in total. The standard InChI is InChI=1S/C24H25Cl2N3O3/c1-24(2,3)29(23(31)20-7-5-13-32-20)15-21(30)28-12-11-27-10-4-6-19(27)22(28)16-8-9-17(25)18(26)14-16/h4-10,13-14,22H,11-12,15H2,1-3H3. The fourth-order valence-corrected chi connectivity index (χ4v) is 4.36. The van der Waals surface area contributed by atoms with E-state index in [-0.39, 0.29) is 30.2 Å². The van der Waals surface area contributed by atoms with Crippen molar-refractivity contribution >= 4 is 35.0 Å². The minimum absolute atomic E-state index is 0.0679. The van der Waals surface area contributed by atoms with Crippen molar-refractivity contribution in [2.75, 3.05) is 13.1 Å². The number of furan rings is 1. The molecule has 0 fully saturated rings. The smallest absolute Gasteiger partial charge is 0.290 e. The molecule has 1 aromatic carbocycles. The Morgan fingerprint density at radius 1 is 1.09 bits per heavy atom. The maximum absolute atomic E-state index is 13.6. The third kappa shape index (κ3) is 4.30. The molecule has 8 heteroatoms. The van der Waals surface area contributed by atoms with E-state index in [1.807, 2.05) is 50.1 Å². The first-order chi connectivity index (χ1) is 15.2. The van der Waals surface area contributed by atoms with Gasteiger partial charge in [-0.3, -0.25) is 9.59 Å². The van der Waals surface area contributed by atoms with Gasteiger partial charge in [-0.05, 0) is 62.7 Å². The molecule has 0 spiro atoms. The Bertz CT molecular complexity index is 1130. The molecule has 0 radical (unpaired) electrons. The first kappa shape index (κ1) is 22.5. The normalized spacial score (nSPS) is 16.0. The van der Waals surface area contributed by atoms with Crippen LogP contribution in [-0.2, 0) is 11.3 Å². The SMILES string of the molecule is CC(C)(C)N(CC(=O)N1CCn2cccc2C1c1ccc(Cl)c(Cl)c1)C(=O)c1ccco1. The average molecular weight is 474 g/mol. The number of halogens is 2. The Morgan fingerprint density at radius 3 is 2.53 bits per heavy atom. The zero-order chi connectivity index (χ0) is 23.0. The molecule has 3 aromatic rings. The second-order valence-corrected chi connectivity index (χ2v) is 9.64. The second-order valence-electron chi connectivity index (χ2n) is 8.83. The van der Waals surface area contributed by atoms with Gasteiger partial charge < -0.3 is 18.8 Å². The van der Waals surface area contributed by atoms with E-state index in [9.17, 15) is 9.59 Å². The Balaban J connectivity index is 1.67. The third-order valence-corrected chi connectivity index (χ3v) is 6.44. The predicted molar refractivity (Wildman–Crippen MR) is 124 cm³/mol. The van der Waals surface area contributed by atoms with Crippen LogP contribution < -0.4 is 0 Å². The molecule has 3 heterocycles. The Hall–Kier alpha value is -2.70. The van der Waals surface area contributed by atoms with Crippen LogP contribution in [0.25, 0.3) is 0 Å². The fraction of sp³-hybridized carbons (Fsp3) is 0.333. The van der Waals surface area contributed by atoms with Gasteiger partial charge in [-0.2, -0.15) is 0 Å². The van der Waals surface area contributed by atoms with Crippen molar-refractivity contribution in [3.8, 4) is 0 Å². The summed E-state index contributed by atoms with van der Waals surface area (Å²) in [5.74, 6) is -0.257. The summed E-state index contributed by atoms with van der Waals surface area (Å²) in [7, 11) is 0. The molecule has 1 unspecified atom stereocenters. The van der Waals surface area contributed by atoms with Crippen LogP contribution in [0.15, 0.2) is 59.3 Å². The maximum Gasteiger partial charge on any atom is 0.290 e. The Morgan fingerprint density at radius 2 is 1.88 bits per heavy atom. The molecular weight excluding hydrogens is 449 g/mol. The van der Waals surface area contributed by atoms with Gasteiger partial charge in [0.25, 0.3) is 5.91 Å². The van der Waals surface area contributed by atoms with Crippen LogP contribution >= 0.6 is 23.2 Å². The van der Waals surface area contributed by atoms with E-state index in [0.717, 1.165) is 11.3 Å². The number of hydrogen-bond donors (Lipinski definition) is 0. The van der Waals surface area contributed by atoms with E-state index >= 15 is 0 Å². The Labute approximate surface area is 197 Å². The lowest BCUT2D eigenvalue weighted by atomic mass is 9.99. The van der Waals surface area contributed by atoms with Crippen molar-refractivity contribution in [1.82, 2.24) is 14.4 Å². The highest BCUT2D eigenvalue weighted by Gasteiger charge is 2.36. The minimum Gasteiger partial charge on any atom is -0.459 e. The first-order valence-electron chi connectivity index (χ1n) is 10.4. The molecule has 2 amide bonds. The van der Waals surface area contributed by atoms with Crippen molar-refractivity contribution in [3.63, 3.8) is 0 Å². The molecular formula is C24H25Cl2N3O3. The molecule has 0 aliphatic carbocycles. The van der Waals surface area contributed by atoms with Crippen molar-refractivity contribution in [2.45, 2.75) is 38.9 Å². The summed E-state index contributed by atoms with van der Waals surface area (Å²) in [5, 5.41) is 0.895. The van der Waals surface area contributed by atoms with Crippen molar-refractivity contribution in [2.24, 2.45) is 0 Å². The lowest BCUT2D eigenvalue weighted by Gasteiger charge is -2.40. The molecule has 168 valence electrons. The van der Waals surface area contributed by atoms with E-state index in [0.29, 0.717) is 23.1 Å². The van der Waals surface area contributed by atoms with Crippen molar-refractivity contribution in [3.05, 3.63) is 82.0 Å². The molecule has 0 saturated heterocycles. The number of carbonyl (C=O) groups excluding carboxylic acids is 2.